The molecular formula is C13H13F2N3O5. The monoisotopic (exact) mass is 329 g/mol. The normalized spacial score (nSPS) is 20.7. The largest absolute Gasteiger partial charge is 0.477 e. The molecule has 3 heterocycles. The van der Waals surface area contributed by atoms with Crippen LogP contribution >= 0.6 is 0 Å². The molecule has 1 saturated heterocycles. The third kappa shape index (κ3) is 2.77. The summed E-state index contributed by atoms with van der Waals surface area (Å²) >= 11 is 0. The number of hydrogen-bond donors (Lipinski definition) is 0. The number of halogens is 2. The van der Waals surface area contributed by atoms with Crippen LogP contribution in [0.15, 0.2) is 23.0 Å². The third-order valence-corrected chi connectivity index (χ3v) is 3.36. The van der Waals surface area contributed by atoms with E-state index in [0.29, 0.717) is 16.5 Å². The molecule has 0 spiro atoms. The molecule has 1 aromatic heterocycles. The first-order chi connectivity index (χ1) is 10.9. The Kier molecular flexibility index (Phi) is 3.76. The summed E-state index contributed by atoms with van der Waals surface area (Å²) < 4.78 is 36.8. The molecule has 1 aromatic rings. The number of rotatable bonds is 5. The van der Waals surface area contributed by atoms with Crippen LogP contribution < -0.4 is 0 Å². The van der Waals surface area contributed by atoms with Gasteiger partial charge in [-0.25, -0.2) is 14.6 Å². The second-order valence-electron chi connectivity index (χ2n) is 4.91. The number of urea groups is 1. The quantitative estimate of drug-likeness (QED) is 0.756. The molecule has 1 fully saturated rings. The van der Waals surface area contributed by atoms with Gasteiger partial charge in [-0.2, -0.15) is 18.7 Å². The van der Waals surface area contributed by atoms with Crippen LogP contribution in [0.5, 0.6) is 0 Å². The van der Waals surface area contributed by atoms with E-state index < -0.39 is 24.2 Å². The number of nitrogens with zero attached hydrogens (tertiary/aromatic N) is 3. The van der Waals surface area contributed by atoms with Crippen LogP contribution in [0.4, 0.5) is 13.6 Å². The summed E-state index contributed by atoms with van der Waals surface area (Å²) in [5.74, 6) is -1.55. The summed E-state index contributed by atoms with van der Waals surface area (Å²) in [6.07, 6.45) is 0.107. The van der Waals surface area contributed by atoms with Gasteiger partial charge in [-0.1, -0.05) is 0 Å². The Balaban J connectivity index is 1.79. The number of ether oxygens (including phenoxy) is 1. The average molecular weight is 329 g/mol. The molecule has 0 unspecified atom stereocenters. The summed E-state index contributed by atoms with van der Waals surface area (Å²) in [5, 5.41) is 0.479. The summed E-state index contributed by atoms with van der Waals surface area (Å²) in [4.78, 5) is 32.9. The maximum Gasteiger partial charge on any atom is 0.477 e. The molecular weight excluding hydrogens is 316 g/mol. The van der Waals surface area contributed by atoms with Crippen molar-refractivity contribution in [3.63, 3.8) is 0 Å². The average Bonchev–Trinajstić information content (AvgIpc) is 3.11. The first-order valence-corrected chi connectivity index (χ1v) is 6.85. The number of hydroxylamine groups is 2. The van der Waals surface area contributed by atoms with Gasteiger partial charge >= 0.3 is 18.1 Å². The SMILES string of the molecule is CCOC(=O)C(F)(F)ON1C(=O)N2CC(c3ncco3)=C[C@@H]1C2. The lowest BCUT2D eigenvalue weighted by molar-refractivity contribution is -0.326. The second kappa shape index (κ2) is 5.61. The fourth-order valence-electron chi connectivity index (χ4n) is 2.41. The van der Waals surface area contributed by atoms with Crippen molar-refractivity contribution in [2.45, 2.75) is 19.1 Å². The number of alkyl halides is 2. The Labute approximate surface area is 129 Å². The van der Waals surface area contributed by atoms with E-state index in [9.17, 15) is 18.4 Å². The van der Waals surface area contributed by atoms with Crippen molar-refractivity contribution in [3.8, 4) is 0 Å². The van der Waals surface area contributed by atoms with Gasteiger partial charge in [0.25, 0.3) is 0 Å². The molecule has 10 heteroatoms. The Morgan fingerprint density at radius 2 is 2.35 bits per heavy atom. The highest BCUT2D eigenvalue weighted by Gasteiger charge is 2.51. The molecule has 2 amide bonds. The van der Waals surface area contributed by atoms with E-state index in [1.54, 1.807) is 6.08 Å². The smallest absolute Gasteiger partial charge is 0.460 e. The van der Waals surface area contributed by atoms with Gasteiger partial charge in [0.1, 0.15) is 6.26 Å². The number of carbonyl (C=O) groups excluding carboxylic acids is 2. The molecule has 23 heavy (non-hydrogen) atoms. The minimum Gasteiger partial charge on any atom is -0.460 e. The first kappa shape index (κ1) is 15.4. The highest BCUT2D eigenvalue weighted by molar-refractivity contribution is 5.82. The van der Waals surface area contributed by atoms with Gasteiger partial charge in [0.15, 0.2) is 0 Å². The molecule has 8 nitrogen and oxygen atoms in total. The molecule has 2 aliphatic rings. The van der Waals surface area contributed by atoms with Gasteiger partial charge in [-0.05, 0) is 13.0 Å². The molecule has 124 valence electrons. The van der Waals surface area contributed by atoms with Crippen molar-refractivity contribution in [3.05, 3.63) is 24.4 Å². The first-order valence-electron chi connectivity index (χ1n) is 6.85. The number of fused-ring (bicyclic) bond motifs is 2. The van der Waals surface area contributed by atoms with Crippen LogP contribution in [0.1, 0.15) is 12.8 Å². The minimum atomic E-state index is -4.25. The summed E-state index contributed by atoms with van der Waals surface area (Å²) in [6, 6.07) is -1.55. The lowest BCUT2D eigenvalue weighted by Gasteiger charge is -2.23. The molecule has 0 radical (unpaired) electrons. The van der Waals surface area contributed by atoms with Gasteiger partial charge in [0.05, 0.1) is 25.4 Å². The fourth-order valence-corrected chi connectivity index (χ4v) is 2.41. The van der Waals surface area contributed by atoms with Crippen molar-refractivity contribution in [1.82, 2.24) is 14.9 Å². The van der Waals surface area contributed by atoms with Crippen molar-refractivity contribution in [1.29, 1.82) is 0 Å². The number of hydrogen-bond acceptors (Lipinski definition) is 6. The molecule has 2 bridgehead atoms. The maximum absolute atomic E-state index is 13.7. The molecule has 1 atom stereocenters. The van der Waals surface area contributed by atoms with Gasteiger partial charge in [0, 0.05) is 12.1 Å². The molecule has 0 aliphatic carbocycles. The van der Waals surface area contributed by atoms with Crippen molar-refractivity contribution in [2.24, 2.45) is 0 Å². The van der Waals surface area contributed by atoms with Gasteiger partial charge in [0.2, 0.25) is 5.89 Å². The lowest BCUT2D eigenvalue weighted by Crippen LogP contribution is -2.44. The van der Waals surface area contributed by atoms with Gasteiger partial charge in [-0.15, -0.1) is 0 Å². The van der Waals surface area contributed by atoms with Crippen LogP contribution in [0.3, 0.4) is 0 Å². The van der Waals surface area contributed by atoms with Crippen LogP contribution in [-0.2, 0) is 14.4 Å². The fraction of sp³-hybridized carbons (Fsp3) is 0.462. The molecule has 0 saturated carbocycles. The number of amides is 2. The van der Waals surface area contributed by atoms with Crippen LogP contribution in [0.2, 0.25) is 0 Å². The Hall–Kier alpha value is -2.49. The summed E-state index contributed by atoms with van der Waals surface area (Å²) in [6.45, 7) is 1.48. The van der Waals surface area contributed by atoms with E-state index in [4.69, 9.17) is 4.42 Å². The Morgan fingerprint density at radius 3 is 3.00 bits per heavy atom. The summed E-state index contributed by atoms with van der Waals surface area (Å²) in [5.41, 5.74) is 0.574. The summed E-state index contributed by atoms with van der Waals surface area (Å²) in [7, 11) is 0. The van der Waals surface area contributed by atoms with Gasteiger partial charge < -0.3 is 14.1 Å². The predicted octanol–water partition coefficient (Wildman–Crippen LogP) is 1.27. The molecule has 2 aliphatic heterocycles. The second-order valence-corrected chi connectivity index (χ2v) is 4.91. The molecule has 0 aromatic carbocycles. The molecule has 0 N–H and O–H groups in total. The van der Waals surface area contributed by atoms with E-state index in [1.165, 1.54) is 24.3 Å². The van der Waals surface area contributed by atoms with Crippen molar-refractivity contribution < 1.29 is 32.4 Å². The standard InChI is InChI=1S/C13H13F2N3O5/c1-2-21-11(19)13(14,15)23-18-9-5-8(10-16-3-4-22-10)6-17(7-9)12(18)20/h3-5,9H,2,6-7H2,1H3/t9-/m1/s1. The van der Waals surface area contributed by atoms with Crippen LogP contribution in [0, 0.1) is 0 Å². The molecule has 3 rings (SSSR count). The third-order valence-electron chi connectivity index (χ3n) is 3.36. The van der Waals surface area contributed by atoms with E-state index in [1.807, 2.05) is 0 Å². The van der Waals surface area contributed by atoms with E-state index in [2.05, 4.69) is 14.6 Å². The zero-order valence-electron chi connectivity index (χ0n) is 12.1. The Morgan fingerprint density at radius 1 is 1.57 bits per heavy atom. The van der Waals surface area contributed by atoms with E-state index in [0.717, 1.165) is 0 Å². The number of oxazole rings is 1. The maximum atomic E-state index is 13.7. The van der Waals surface area contributed by atoms with Crippen LogP contribution in [-0.4, -0.2) is 58.8 Å². The van der Waals surface area contributed by atoms with Crippen molar-refractivity contribution >= 4 is 17.6 Å². The van der Waals surface area contributed by atoms with Crippen molar-refractivity contribution in [2.75, 3.05) is 19.7 Å². The minimum absolute atomic E-state index is 0.153. The zero-order chi connectivity index (χ0) is 16.6. The number of aromatic nitrogens is 1. The Bertz CT molecular complexity index is 646. The van der Waals surface area contributed by atoms with E-state index in [-0.39, 0.29) is 19.7 Å². The number of carbonyl (C=O) groups is 2. The predicted molar refractivity (Wildman–Crippen MR) is 69.7 cm³/mol. The van der Waals surface area contributed by atoms with Gasteiger partial charge in [-0.3, -0.25) is 0 Å². The zero-order valence-corrected chi connectivity index (χ0v) is 12.1. The lowest BCUT2D eigenvalue weighted by atomic mass is 10.1. The highest BCUT2D eigenvalue weighted by Crippen LogP contribution is 2.32. The highest BCUT2D eigenvalue weighted by atomic mass is 19.3. The van der Waals surface area contributed by atoms with Crippen LogP contribution in [0.25, 0.3) is 5.57 Å². The number of esters is 1. The topological polar surface area (TPSA) is 85.1 Å². The van der Waals surface area contributed by atoms with E-state index >= 15 is 0 Å².